The minimum atomic E-state index is -0.0551. The van der Waals surface area contributed by atoms with E-state index in [0.29, 0.717) is 25.2 Å². The molecular weight excluding hydrogens is 416 g/mol. The lowest BCUT2D eigenvalue weighted by Gasteiger charge is -2.34. The van der Waals surface area contributed by atoms with Crippen LogP contribution >= 0.6 is 0 Å². The van der Waals surface area contributed by atoms with Crippen LogP contribution in [-0.2, 0) is 13.6 Å². The lowest BCUT2D eigenvalue weighted by molar-refractivity contribution is 0.0827. The second kappa shape index (κ2) is 9.23. The summed E-state index contributed by atoms with van der Waals surface area (Å²) >= 11 is 0. The average molecular weight is 449 g/mol. The van der Waals surface area contributed by atoms with Crippen molar-refractivity contribution in [3.8, 4) is 0 Å². The number of rotatable bonds is 4. The maximum Gasteiger partial charge on any atom is 0.321 e. The first kappa shape index (κ1) is 22.8. The molecule has 1 saturated heterocycles. The lowest BCUT2D eigenvalue weighted by atomic mass is 10.1. The normalized spacial score (nSPS) is 14.5. The fourth-order valence-corrected chi connectivity index (χ4v) is 4.34. The summed E-state index contributed by atoms with van der Waals surface area (Å²) < 4.78 is 2.08. The van der Waals surface area contributed by atoms with Crippen LogP contribution in [0.4, 0.5) is 10.5 Å². The van der Waals surface area contributed by atoms with Crippen LogP contribution in [0.5, 0.6) is 0 Å². The summed E-state index contributed by atoms with van der Waals surface area (Å²) in [6.07, 6.45) is 0. The number of hydrogen-bond acceptors (Lipinski definition) is 4. The van der Waals surface area contributed by atoms with Gasteiger partial charge in [-0.25, -0.2) is 9.78 Å². The van der Waals surface area contributed by atoms with Crippen LogP contribution in [0, 0.1) is 13.8 Å². The highest BCUT2D eigenvalue weighted by Gasteiger charge is 2.23. The number of carbonyl (C=O) groups excluding carboxylic acids is 2. The molecule has 3 aromatic rings. The zero-order valence-electron chi connectivity index (χ0n) is 20.1. The fraction of sp³-hybridized carbons (Fsp3) is 0.400. The van der Waals surface area contributed by atoms with Gasteiger partial charge in [0.25, 0.3) is 5.91 Å². The van der Waals surface area contributed by atoms with Crippen molar-refractivity contribution in [1.29, 1.82) is 0 Å². The topological polar surface area (TPSA) is 73.7 Å². The van der Waals surface area contributed by atoms with Crippen LogP contribution in [-0.4, -0.2) is 76.5 Å². The number of fused-ring (bicyclic) bond motifs is 1. The van der Waals surface area contributed by atoms with E-state index in [9.17, 15) is 9.59 Å². The summed E-state index contributed by atoms with van der Waals surface area (Å²) in [6, 6.07) is 11.7. The largest absolute Gasteiger partial charge is 0.345 e. The van der Waals surface area contributed by atoms with Gasteiger partial charge in [0.2, 0.25) is 0 Å². The van der Waals surface area contributed by atoms with Crippen LogP contribution in [0.15, 0.2) is 36.4 Å². The predicted molar refractivity (Wildman–Crippen MR) is 131 cm³/mol. The molecule has 3 amide bonds. The van der Waals surface area contributed by atoms with Crippen molar-refractivity contribution in [3.05, 3.63) is 58.9 Å². The van der Waals surface area contributed by atoms with Gasteiger partial charge in [0.1, 0.15) is 5.82 Å². The van der Waals surface area contributed by atoms with Crippen molar-refractivity contribution in [2.75, 3.05) is 45.6 Å². The maximum atomic E-state index is 12.7. The van der Waals surface area contributed by atoms with E-state index in [1.54, 1.807) is 19.0 Å². The number of aryl methyl sites for hydroxylation is 3. The Labute approximate surface area is 194 Å². The van der Waals surface area contributed by atoms with E-state index in [4.69, 9.17) is 4.98 Å². The number of amides is 3. The fourth-order valence-electron chi connectivity index (χ4n) is 4.34. The van der Waals surface area contributed by atoms with E-state index in [0.717, 1.165) is 46.8 Å². The molecule has 0 radical (unpaired) electrons. The molecule has 2 aromatic carbocycles. The molecule has 1 aliphatic heterocycles. The summed E-state index contributed by atoms with van der Waals surface area (Å²) in [5.74, 6) is 0.923. The zero-order valence-corrected chi connectivity index (χ0v) is 20.1. The van der Waals surface area contributed by atoms with Gasteiger partial charge in [0.15, 0.2) is 0 Å². The van der Waals surface area contributed by atoms with Gasteiger partial charge in [0, 0.05) is 58.6 Å². The number of carbonyl (C=O) groups is 2. The standard InChI is InChI=1S/C25H32N6O2/c1-17-12-18(2)14-20(13-17)26-25(33)31-10-8-30(9-11-31)16-23-27-21-15-19(24(32)28(3)4)6-7-22(21)29(23)5/h6-7,12-15H,8-11,16H2,1-5H3,(H,26,33). The van der Waals surface area contributed by atoms with Crippen molar-refractivity contribution in [1.82, 2.24) is 24.3 Å². The molecule has 0 unspecified atom stereocenters. The van der Waals surface area contributed by atoms with E-state index < -0.39 is 0 Å². The van der Waals surface area contributed by atoms with E-state index in [1.807, 2.05) is 56.1 Å². The Morgan fingerprint density at radius 3 is 2.30 bits per heavy atom. The SMILES string of the molecule is Cc1cc(C)cc(NC(=O)N2CCN(Cc3nc4cc(C(=O)N(C)C)ccc4n3C)CC2)c1. The van der Waals surface area contributed by atoms with Crippen molar-refractivity contribution >= 4 is 28.7 Å². The molecule has 0 aliphatic carbocycles. The number of benzene rings is 2. The average Bonchev–Trinajstić information content (AvgIpc) is 3.07. The molecule has 0 spiro atoms. The van der Waals surface area contributed by atoms with Gasteiger partial charge in [-0.2, -0.15) is 0 Å². The zero-order chi connectivity index (χ0) is 23.7. The first-order chi connectivity index (χ1) is 15.7. The molecule has 8 heteroatoms. The molecule has 33 heavy (non-hydrogen) atoms. The molecule has 0 bridgehead atoms. The molecule has 4 rings (SSSR count). The van der Waals surface area contributed by atoms with Crippen molar-refractivity contribution in [3.63, 3.8) is 0 Å². The molecular formula is C25H32N6O2. The number of anilines is 1. The number of aromatic nitrogens is 2. The van der Waals surface area contributed by atoms with Crippen LogP contribution in [0.25, 0.3) is 11.0 Å². The smallest absolute Gasteiger partial charge is 0.321 e. The summed E-state index contributed by atoms with van der Waals surface area (Å²) in [7, 11) is 5.50. The second-order valence-corrected chi connectivity index (χ2v) is 9.06. The summed E-state index contributed by atoms with van der Waals surface area (Å²) in [4.78, 5) is 35.5. The molecule has 1 N–H and O–H groups in total. The Balaban J connectivity index is 1.38. The minimum absolute atomic E-state index is 0.0284. The summed E-state index contributed by atoms with van der Waals surface area (Å²) in [6.45, 7) is 7.67. The molecule has 1 aromatic heterocycles. The summed E-state index contributed by atoms with van der Waals surface area (Å²) in [5.41, 5.74) is 5.58. The third-order valence-electron chi connectivity index (χ3n) is 6.12. The molecule has 2 heterocycles. The Morgan fingerprint density at radius 1 is 1.00 bits per heavy atom. The van der Waals surface area contributed by atoms with Gasteiger partial charge in [-0.15, -0.1) is 0 Å². The molecule has 8 nitrogen and oxygen atoms in total. The third kappa shape index (κ3) is 5.01. The Bertz CT molecular complexity index is 1170. The molecule has 174 valence electrons. The van der Waals surface area contributed by atoms with E-state index in [1.165, 1.54) is 0 Å². The van der Waals surface area contributed by atoms with Crippen LogP contribution < -0.4 is 5.32 Å². The van der Waals surface area contributed by atoms with Crippen LogP contribution in [0.3, 0.4) is 0 Å². The predicted octanol–water partition coefficient (Wildman–Crippen LogP) is 3.24. The van der Waals surface area contributed by atoms with E-state index in [2.05, 4.69) is 20.9 Å². The molecule has 0 atom stereocenters. The first-order valence-corrected chi connectivity index (χ1v) is 11.2. The quantitative estimate of drug-likeness (QED) is 0.665. The molecule has 1 aliphatic rings. The van der Waals surface area contributed by atoms with Crippen LogP contribution in [0.2, 0.25) is 0 Å². The number of imidazole rings is 1. The monoisotopic (exact) mass is 448 g/mol. The van der Waals surface area contributed by atoms with Gasteiger partial charge in [0.05, 0.1) is 17.6 Å². The van der Waals surface area contributed by atoms with E-state index in [-0.39, 0.29) is 11.9 Å². The van der Waals surface area contributed by atoms with Crippen molar-refractivity contribution < 1.29 is 9.59 Å². The Morgan fingerprint density at radius 2 is 1.67 bits per heavy atom. The lowest BCUT2D eigenvalue weighted by Crippen LogP contribution is -2.49. The number of piperazine rings is 1. The van der Waals surface area contributed by atoms with E-state index >= 15 is 0 Å². The van der Waals surface area contributed by atoms with Gasteiger partial charge < -0.3 is 19.7 Å². The highest BCUT2D eigenvalue weighted by Crippen LogP contribution is 2.20. The number of nitrogens with zero attached hydrogens (tertiary/aromatic N) is 5. The van der Waals surface area contributed by atoms with Crippen molar-refractivity contribution in [2.45, 2.75) is 20.4 Å². The Hall–Kier alpha value is -3.39. The van der Waals surface area contributed by atoms with Gasteiger partial charge in [-0.1, -0.05) is 6.07 Å². The minimum Gasteiger partial charge on any atom is -0.345 e. The third-order valence-corrected chi connectivity index (χ3v) is 6.12. The summed E-state index contributed by atoms with van der Waals surface area (Å²) in [5, 5.41) is 3.03. The molecule has 1 fully saturated rings. The Kier molecular flexibility index (Phi) is 6.37. The number of hydrogen-bond donors (Lipinski definition) is 1. The second-order valence-electron chi connectivity index (χ2n) is 9.06. The number of urea groups is 1. The van der Waals surface area contributed by atoms with Crippen LogP contribution in [0.1, 0.15) is 27.3 Å². The molecule has 0 saturated carbocycles. The number of nitrogens with one attached hydrogen (secondary N) is 1. The van der Waals surface area contributed by atoms with Gasteiger partial charge in [-0.3, -0.25) is 9.69 Å². The highest BCUT2D eigenvalue weighted by molar-refractivity contribution is 5.97. The van der Waals surface area contributed by atoms with Crippen molar-refractivity contribution in [2.24, 2.45) is 7.05 Å². The first-order valence-electron chi connectivity index (χ1n) is 11.2. The van der Waals surface area contributed by atoms with Gasteiger partial charge in [-0.05, 0) is 55.3 Å². The van der Waals surface area contributed by atoms with Gasteiger partial charge >= 0.3 is 6.03 Å². The maximum absolute atomic E-state index is 12.7. The highest BCUT2D eigenvalue weighted by atomic mass is 16.2.